The lowest BCUT2D eigenvalue weighted by atomic mass is 9.91. The zero-order valence-electron chi connectivity index (χ0n) is 12.2. The van der Waals surface area contributed by atoms with Gasteiger partial charge in [0.2, 0.25) is 5.91 Å². The second-order valence-electron chi connectivity index (χ2n) is 5.88. The minimum absolute atomic E-state index is 0.0204. The first-order valence-corrected chi connectivity index (χ1v) is 7.29. The second kappa shape index (κ2) is 6.43. The van der Waals surface area contributed by atoms with Crippen LogP contribution in [0.4, 0.5) is 0 Å². The molecule has 21 heavy (non-hydrogen) atoms. The number of carboxylic acids is 1. The Kier molecular flexibility index (Phi) is 4.82. The maximum Gasteiger partial charge on any atom is 0.326 e. The van der Waals surface area contributed by atoms with Crippen molar-refractivity contribution in [2.75, 3.05) is 20.2 Å². The fourth-order valence-electron chi connectivity index (χ4n) is 3.09. The van der Waals surface area contributed by atoms with Gasteiger partial charge in [0.25, 0.3) is 0 Å². The van der Waals surface area contributed by atoms with Crippen molar-refractivity contribution in [2.45, 2.75) is 38.1 Å². The number of hydrogen-bond donors (Lipinski definition) is 3. The molecule has 1 aliphatic carbocycles. The lowest BCUT2D eigenvalue weighted by Gasteiger charge is -2.23. The van der Waals surface area contributed by atoms with Crippen molar-refractivity contribution in [3.63, 3.8) is 0 Å². The number of carbonyl (C=O) groups is 3. The molecule has 7 heteroatoms. The number of esters is 1. The van der Waals surface area contributed by atoms with E-state index >= 15 is 0 Å². The van der Waals surface area contributed by atoms with Crippen molar-refractivity contribution >= 4 is 17.8 Å². The van der Waals surface area contributed by atoms with Crippen molar-refractivity contribution in [2.24, 2.45) is 11.3 Å². The summed E-state index contributed by atoms with van der Waals surface area (Å²) < 4.78 is 4.48. The molecule has 0 radical (unpaired) electrons. The third-order valence-corrected chi connectivity index (χ3v) is 4.58. The summed E-state index contributed by atoms with van der Waals surface area (Å²) in [7, 11) is 1.25. The Morgan fingerprint density at radius 2 is 2.05 bits per heavy atom. The normalized spacial score (nSPS) is 24.1. The van der Waals surface area contributed by atoms with Crippen molar-refractivity contribution in [1.82, 2.24) is 10.6 Å². The van der Waals surface area contributed by atoms with E-state index in [2.05, 4.69) is 15.4 Å². The zero-order valence-corrected chi connectivity index (χ0v) is 12.2. The van der Waals surface area contributed by atoms with Gasteiger partial charge in [-0.15, -0.1) is 0 Å². The molecule has 3 N–H and O–H groups in total. The Hall–Kier alpha value is -1.63. The van der Waals surface area contributed by atoms with Gasteiger partial charge in [0, 0.05) is 12.3 Å². The van der Waals surface area contributed by atoms with E-state index in [0.717, 1.165) is 32.4 Å². The molecule has 1 amide bonds. The van der Waals surface area contributed by atoms with Gasteiger partial charge in [-0.2, -0.15) is 0 Å². The van der Waals surface area contributed by atoms with Gasteiger partial charge >= 0.3 is 11.9 Å². The Morgan fingerprint density at radius 3 is 2.62 bits per heavy atom. The summed E-state index contributed by atoms with van der Waals surface area (Å²) in [5.74, 6) is -1.88. The molecule has 7 nitrogen and oxygen atoms in total. The van der Waals surface area contributed by atoms with Crippen LogP contribution in [0.5, 0.6) is 0 Å². The third kappa shape index (κ3) is 3.72. The average molecular weight is 298 g/mol. The maximum atomic E-state index is 12.2. The highest BCUT2D eigenvalue weighted by Gasteiger charge is 2.57. The number of methoxy groups -OCH3 is 1. The molecule has 2 unspecified atom stereocenters. The molecule has 1 aliphatic heterocycles. The summed E-state index contributed by atoms with van der Waals surface area (Å²) in [4.78, 5) is 34.4. The van der Waals surface area contributed by atoms with Crippen LogP contribution in [0, 0.1) is 11.3 Å². The summed E-state index contributed by atoms with van der Waals surface area (Å²) in [6.45, 7) is 1.82. The fraction of sp³-hybridized carbons (Fsp3) is 0.786. The number of carbonyl (C=O) groups excluding carboxylic acids is 2. The van der Waals surface area contributed by atoms with E-state index in [1.165, 1.54) is 7.11 Å². The minimum atomic E-state index is -1.12. The first kappa shape index (κ1) is 15.8. The molecule has 1 heterocycles. The van der Waals surface area contributed by atoms with Crippen LogP contribution in [0.1, 0.15) is 32.1 Å². The molecule has 1 saturated heterocycles. The topological polar surface area (TPSA) is 105 Å². The third-order valence-electron chi connectivity index (χ3n) is 4.58. The van der Waals surface area contributed by atoms with Gasteiger partial charge in [0.1, 0.15) is 6.04 Å². The molecule has 1 spiro atoms. The highest BCUT2D eigenvalue weighted by molar-refractivity contribution is 5.87. The van der Waals surface area contributed by atoms with E-state index < -0.39 is 18.0 Å². The molecule has 2 fully saturated rings. The Bertz CT molecular complexity index is 431. The highest BCUT2D eigenvalue weighted by atomic mass is 16.5. The van der Waals surface area contributed by atoms with Gasteiger partial charge in [0.15, 0.2) is 0 Å². The van der Waals surface area contributed by atoms with Gasteiger partial charge in [0.05, 0.1) is 7.11 Å². The number of hydrogen-bond acceptors (Lipinski definition) is 5. The SMILES string of the molecule is COC(=O)CCC(NC(=O)C1CC12CCNCC2)C(=O)O. The number of rotatable bonds is 6. The predicted molar refractivity (Wildman–Crippen MR) is 73.5 cm³/mol. The predicted octanol–water partition coefficient (Wildman–Crippen LogP) is -0.101. The molecule has 0 aromatic rings. The monoisotopic (exact) mass is 298 g/mol. The molecule has 2 aliphatic rings. The Morgan fingerprint density at radius 1 is 1.38 bits per heavy atom. The van der Waals surface area contributed by atoms with Gasteiger partial charge < -0.3 is 20.5 Å². The summed E-state index contributed by atoms with van der Waals surface area (Å²) in [5.41, 5.74) is 0.0702. The quantitative estimate of drug-likeness (QED) is 0.591. The van der Waals surface area contributed by atoms with Crippen LogP contribution >= 0.6 is 0 Å². The van der Waals surface area contributed by atoms with Crippen LogP contribution in [-0.4, -0.2) is 49.2 Å². The number of ether oxygens (including phenoxy) is 1. The average Bonchev–Trinajstić information content (AvgIpc) is 3.16. The van der Waals surface area contributed by atoms with Crippen LogP contribution in [-0.2, 0) is 19.1 Å². The van der Waals surface area contributed by atoms with E-state index in [9.17, 15) is 14.4 Å². The maximum absolute atomic E-state index is 12.2. The molecule has 0 aromatic heterocycles. The smallest absolute Gasteiger partial charge is 0.326 e. The van der Waals surface area contributed by atoms with Crippen LogP contribution in [0.15, 0.2) is 0 Å². The Balaban J connectivity index is 1.84. The van der Waals surface area contributed by atoms with Crippen molar-refractivity contribution < 1.29 is 24.2 Å². The molecule has 2 rings (SSSR count). The lowest BCUT2D eigenvalue weighted by molar-refractivity contribution is -0.144. The molecule has 118 valence electrons. The minimum Gasteiger partial charge on any atom is -0.480 e. The van der Waals surface area contributed by atoms with Crippen LogP contribution in [0.25, 0.3) is 0 Å². The zero-order chi connectivity index (χ0) is 15.5. The summed E-state index contributed by atoms with van der Waals surface area (Å²) in [6, 6.07) is -1.03. The first-order valence-electron chi connectivity index (χ1n) is 7.29. The number of piperidine rings is 1. The largest absolute Gasteiger partial charge is 0.480 e. The fourth-order valence-corrected chi connectivity index (χ4v) is 3.09. The molecule has 0 bridgehead atoms. The molecule has 1 saturated carbocycles. The first-order chi connectivity index (χ1) is 9.98. The van der Waals surface area contributed by atoms with E-state index in [4.69, 9.17) is 5.11 Å². The van der Waals surface area contributed by atoms with Crippen molar-refractivity contribution in [3.8, 4) is 0 Å². The van der Waals surface area contributed by atoms with Crippen LogP contribution < -0.4 is 10.6 Å². The lowest BCUT2D eigenvalue weighted by Crippen LogP contribution is -2.43. The van der Waals surface area contributed by atoms with Gasteiger partial charge in [-0.05, 0) is 44.2 Å². The molecule has 2 atom stereocenters. The summed E-state index contributed by atoms with van der Waals surface area (Å²) in [5, 5.41) is 15.0. The van der Waals surface area contributed by atoms with Gasteiger partial charge in [-0.25, -0.2) is 4.79 Å². The van der Waals surface area contributed by atoms with Crippen molar-refractivity contribution in [3.05, 3.63) is 0 Å². The standard InChI is InChI=1S/C14H22N2O5/c1-21-11(17)3-2-10(13(19)20)16-12(18)9-8-14(9)4-6-15-7-5-14/h9-10,15H,2-8H2,1H3,(H,16,18)(H,19,20). The number of aliphatic carboxylic acids is 1. The number of carboxylic acid groups (broad SMARTS) is 1. The Labute approximate surface area is 123 Å². The van der Waals surface area contributed by atoms with Gasteiger partial charge in [-0.1, -0.05) is 0 Å². The van der Waals surface area contributed by atoms with E-state index in [1.54, 1.807) is 0 Å². The van der Waals surface area contributed by atoms with E-state index in [-0.39, 0.29) is 30.1 Å². The molecular formula is C14H22N2O5. The highest BCUT2D eigenvalue weighted by Crippen LogP contribution is 2.58. The van der Waals surface area contributed by atoms with Crippen molar-refractivity contribution in [1.29, 1.82) is 0 Å². The van der Waals surface area contributed by atoms with E-state index in [1.807, 2.05) is 0 Å². The second-order valence-corrected chi connectivity index (χ2v) is 5.88. The van der Waals surface area contributed by atoms with Gasteiger partial charge in [-0.3, -0.25) is 9.59 Å². The summed E-state index contributed by atoms with van der Waals surface area (Å²) >= 11 is 0. The van der Waals surface area contributed by atoms with E-state index in [0.29, 0.717) is 0 Å². The molecular weight excluding hydrogens is 276 g/mol. The van der Waals surface area contributed by atoms with Crippen LogP contribution in [0.3, 0.4) is 0 Å². The molecule has 0 aromatic carbocycles. The summed E-state index contributed by atoms with van der Waals surface area (Å²) in [6.07, 6.45) is 2.79. The van der Waals surface area contributed by atoms with Crippen LogP contribution in [0.2, 0.25) is 0 Å². The number of nitrogens with one attached hydrogen (secondary N) is 2. The number of amides is 1.